The van der Waals surface area contributed by atoms with Crippen molar-refractivity contribution in [3.63, 3.8) is 0 Å². The maximum Gasteiger partial charge on any atom is 0.338 e. The average Bonchev–Trinajstić information content (AvgIpc) is 2.70. The predicted molar refractivity (Wildman–Crippen MR) is 108 cm³/mol. The van der Waals surface area contributed by atoms with Gasteiger partial charge in [0.05, 0.1) is 12.7 Å². The Labute approximate surface area is 172 Å². The summed E-state index contributed by atoms with van der Waals surface area (Å²) in [4.78, 5) is 24.8. The molecule has 1 fully saturated rings. The number of esters is 1. The smallest absolute Gasteiger partial charge is 0.338 e. The molecular weight excluding hydrogens is 396 g/mol. The Kier molecular flexibility index (Phi) is 7.65. The molecular formula is C20H30N2O6S. The zero-order valence-corrected chi connectivity index (χ0v) is 18.3. The predicted octanol–water partition coefficient (Wildman–Crippen LogP) is 2.09. The van der Waals surface area contributed by atoms with Gasteiger partial charge in [-0.3, -0.25) is 4.79 Å². The number of sulfonamides is 1. The highest BCUT2D eigenvalue weighted by Crippen LogP contribution is 2.29. The summed E-state index contributed by atoms with van der Waals surface area (Å²) in [6, 6.07) is 3.99. The van der Waals surface area contributed by atoms with Crippen molar-refractivity contribution in [1.82, 2.24) is 10.0 Å². The number of amides is 1. The van der Waals surface area contributed by atoms with E-state index in [1.54, 1.807) is 0 Å². The van der Waals surface area contributed by atoms with Gasteiger partial charge in [0, 0.05) is 6.04 Å². The van der Waals surface area contributed by atoms with Crippen molar-refractivity contribution in [2.45, 2.75) is 57.1 Å². The number of benzene rings is 1. The molecule has 1 aliphatic carbocycles. The third-order valence-electron chi connectivity index (χ3n) is 5.65. The van der Waals surface area contributed by atoms with Crippen molar-refractivity contribution < 1.29 is 27.5 Å². The minimum absolute atomic E-state index is 0.0129. The molecule has 0 unspecified atom stereocenters. The molecule has 0 saturated heterocycles. The number of rotatable bonds is 7. The lowest BCUT2D eigenvalue weighted by atomic mass is 9.78. The summed E-state index contributed by atoms with van der Waals surface area (Å²) in [5.41, 5.74) is 0.0129. The summed E-state index contributed by atoms with van der Waals surface area (Å²) >= 11 is 0. The molecule has 0 heterocycles. The molecule has 2 rings (SSSR count). The third kappa shape index (κ3) is 5.48. The monoisotopic (exact) mass is 426 g/mol. The van der Waals surface area contributed by atoms with E-state index in [4.69, 9.17) is 9.47 Å². The number of carbonyl (C=O) groups is 2. The van der Waals surface area contributed by atoms with Gasteiger partial charge in [-0.15, -0.1) is 0 Å². The van der Waals surface area contributed by atoms with Crippen LogP contribution in [0.2, 0.25) is 0 Å². The molecule has 1 aliphatic rings. The van der Waals surface area contributed by atoms with Gasteiger partial charge in [-0.25, -0.2) is 17.9 Å². The summed E-state index contributed by atoms with van der Waals surface area (Å²) in [6.07, 6.45) is 2.10. The second-order valence-electron chi connectivity index (χ2n) is 7.50. The van der Waals surface area contributed by atoms with Crippen molar-refractivity contribution in [2.24, 2.45) is 11.8 Å². The first kappa shape index (κ1) is 23.2. The fraction of sp³-hybridized carbons (Fsp3) is 0.600. The number of ether oxygens (including phenoxy) is 2. The van der Waals surface area contributed by atoms with Crippen LogP contribution >= 0.6 is 0 Å². The molecule has 9 heteroatoms. The van der Waals surface area contributed by atoms with E-state index < -0.39 is 22.1 Å². The summed E-state index contributed by atoms with van der Waals surface area (Å²) in [7, 11) is -1.24. The Bertz CT molecular complexity index is 855. The molecule has 0 aliphatic heterocycles. The van der Waals surface area contributed by atoms with E-state index >= 15 is 0 Å². The molecule has 0 spiro atoms. The molecule has 162 valence electrons. The minimum Gasteiger partial charge on any atom is -0.495 e. The standard InChI is InChI=1S/C20H30N2O6S/c1-12-7-6-8-16(13(12)2)22-19(23)14(3)28-20(24)15-9-10-17(27-5)18(11-15)29(25,26)21-4/h9-14,16,21H,6-8H2,1-5H3,(H,22,23)/t12-,13+,14+,16+/m0/s1. The maximum atomic E-state index is 12.5. The van der Waals surface area contributed by atoms with Gasteiger partial charge in [-0.1, -0.05) is 26.7 Å². The van der Waals surface area contributed by atoms with Crippen LogP contribution in [-0.2, 0) is 19.6 Å². The molecule has 1 amide bonds. The number of nitrogens with one attached hydrogen (secondary N) is 2. The summed E-state index contributed by atoms with van der Waals surface area (Å²) in [6.45, 7) is 5.79. The topological polar surface area (TPSA) is 111 Å². The zero-order valence-electron chi connectivity index (χ0n) is 17.5. The van der Waals surface area contributed by atoms with E-state index in [1.807, 2.05) is 0 Å². The molecule has 1 aromatic carbocycles. The maximum absolute atomic E-state index is 12.5. The zero-order chi connectivity index (χ0) is 21.8. The second-order valence-corrected chi connectivity index (χ2v) is 9.36. The van der Waals surface area contributed by atoms with Gasteiger partial charge in [0.15, 0.2) is 6.10 Å². The van der Waals surface area contributed by atoms with E-state index in [0.29, 0.717) is 11.8 Å². The van der Waals surface area contributed by atoms with Crippen LogP contribution in [0, 0.1) is 11.8 Å². The van der Waals surface area contributed by atoms with Crippen molar-refractivity contribution in [1.29, 1.82) is 0 Å². The number of carbonyl (C=O) groups excluding carboxylic acids is 2. The van der Waals surface area contributed by atoms with Crippen LogP contribution in [0.15, 0.2) is 23.1 Å². The lowest BCUT2D eigenvalue weighted by Gasteiger charge is -2.35. The van der Waals surface area contributed by atoms with Crippen LogP contribution < -0.4 is 14.8 Å². The van der Waals surface area contributed by atoms with Crippen molar-refractivity contribution in [2.75, 3.05) is 14.2 Å². The van der Waals surface area contributed by atoms with E-state index in [1.165, 1.54) is 39.3 Å². The van der Waals surface area contributed by atoms with E-state index in [2.05, 4.69) is 23.9 Å². The molecule has 1 saturated carbocycles. The Morgan fingerprint density at radius 2 is 1.90 bits per heavy atom. The Morgan fingerprint density at radius 3 is 2.52 bits per heavy atom. The van der Waals surface area contributed by atoms with Crippen molar-refractivity contribution >= 4 is 21.9 Å². The van der Waals surface area contributed by atoms with Crippen LogP contribution in [0.5, 0.6) is 5.75 Å². The van der Waals surface area contributed by atoms with Gasteiger partial charge in [-0.05, 0) is 50.4 Å². The van der Waals surface area contributed by atoms with E-state index in [9.17, 15) is 18.0 Å². The summed E-state index contributed by atoms with van der Waals surface area (Å²) in [5, 5.41) is 2.98. The first-order valence-corrected chi connectivity index (χ1v) is 11.2. The average molecular weight is 427 g/mol. The lowest BCUT2D eigenvalue weighted by molar-refractivity contribution is -0.130. The van der Waals surface area contributed by atoms with Crippen LogP contribution in [0.1, 0.15) is 50.4 Å². The SMILES string of the molecule is CNS(=O)(=O)c1cc(C(=O)O[C@H](C)C(=O)N[C@@H]2CCC[C@H](C)[C@H]2C)ccc1OC. The molecule has 0 radical (unpaired) electrons. The quantitative estimate of drug-likeness (QED) is 0.646. The molecule has 0 aromatic heterocycles. The second kappa shape index (κ2) is 9.58. The van der Waals surface area contributed by atoms with Gasteiger partial charge in [0.25, 0.3) is 5.91 Å². The van der Waals surface area contributed by atoms with E-state index in [0.717, 1.165) is 19.3 Å². The highest BCUT2D eigenvalue weighted by Gasteiger charge is 2.30. The molecule has 2 N–H and O–H groups in total. The minimum atomic E-state index is -3.83. The Hall–Kier alpha value is -2.13. The number of hydrogen-bond donors (Lipinski definition) is 2. The highest BCUT2D eigenvalue weighted by molar-refractivity contribution is 7.89. The fourth-order valence-electron chi connectivity index (χ4n) is 3.49. The molecule has 0 bridgehead atoms. The largest absolute Gasteiger partial charge is 0.495 e. The molecule has 29 heavy (non-hydrogen) atoms. The van der Waals surface area contributed by atoms with Crippen LogP contribution in [0.3, 0.4) is 0 Å². The van der Waals surface area contributed by atoms with Crippen molar-refractivity contribution in [3.05, 3.63) is 23.8 Å². The number of hydrogen-bond acceptors (Lipinski definition) is 6. The van der Waals surface area contributed by atoms with Gasteiger partial charge in [0.1, 0.15) is 10.6 Å². The lowest BCUT2D eigenvalue weighted by Crippen LogP contribution is -2.47. The van der Waals surface area contributed by atoms with Crippen LogP contribution in [-0.4, -0.2) is 46.6 Å². The van der Waals surface area contributed by atoms with Gasteiger partial charge in [-0.2, -0.15) is 0 Å². The van der Waals surface area contributed by atoms with Gasteiger partial charge < -0.3 is 14.8 Å². The Morgan fingerprint density at radius 1 is 1.21 bits per heavy atom. The van der Waals surface area contributed by atoms with Gasteiger partial charge >= 0.3 is 5.97 Å². The third-order valence-corrected chi connectivity index (χ3v) is 7.08. The van der Waals surface area contributed by atoms with Crippen molar-refractivity contribution in [3.8, 4) is 5.75 Å². The first-order valence-electron chi connectivity index (χ1n) is 9.73. The molecule has 8 nitrogen and oxygen atoms in total. The van der Waals surface area contributed by atoms with Gasteiger partial charge in [0.2, 0.25) is 10.0 Å². The molecule has 1 aromatic rings. The summed E-state index contributed by atoms with van der Waals surface area (Å²) in [5.74, 6) is -0.166. The Balaban J connectivity index is 2.09. The normalized spacial score (nSPS) is 23.1. The van der Waals surface area contributed by atoms with Crippen LogP contribution in [0.4, 0.5) is 0 Å². The van der Waals surface area contributed by atoms with Crippen LogP contribution in [0.25, 0.3) is 0 Å². The number of methoxy groups -OCH3 is 1. The summed E-state index contributed by atoms with van der Waals surface area (Å²) < 4.78 is 36.8. The highest BCUT2D eigenvalue weighted by atomic mass is 32.2. The first-order chi connectivity index (χ1) is 13.6. The van der Waals surface area contributed by atoms with E-state index in [-0.39, 0.29) is 28.2 Å². The molecule has 4 atom stereocenters. The fourth-order valence-corrected chi connectivity index (χ4v) is 4.41.